The monoisotopic (exact) mass is 1090 g/mol. The van der Waals surface area contributed by atoms with Gasteiger partial charge in [0.25, 0.3) is 0 Å². The molecule has 0 saturated carbocycles. The summed E-state index contributed by atoms with van der Waals surface area (Å²) >= 11 is 0. The van der Waals surface area contributed by atoms with Crippen LogP contribution in [0.15, 0.2) is 53.5 Å². The second kappa shape index (κ2) is 35.0. The highest BCUT2D eigenvalue weighted by Crippen LogP contribution is 2.60. The van der Waals surface area contributed by atoms with Gasteiger partial charge in [-0.3, -0.25) is 28.0 Å². The van der Waals surface area contributed by atoms with Gasteiger partial charge in [0.2, 0.25) is 0 Å². The number of carbonyl (C=O) groups is 3. The highest BCUT2D eigenvalue weighted by molar-refractivity contribution is 7.61. The highest BCUT2D eigenvalue weighted by Gasteiger charge is 2.45. The molecule has 3 heterocycles. The number of cyclic esters (lactones) is 1. The number of hydrogen-bond acceptors (Lipinski definition) is 19. The second-order valence-electron chi connectivity index (χ2n) is 19.0. The largest absolute Gasteiger partial charge is 0.481 e. The second-order valence-corrected chi connectivity index (χ2v) is 22.0. The SMILES string of the molecule is CCCCC/C=C\C/C=C\CCCCCCCC(=O)OC[C@@H]1COP(=O)(O)OP(=O)(O)OC[C@H]2O[C@@H](n3ccc(N)nc3=O)[C@@H](CC(=O)CCCCC(=O)O1)[C@@H](O)C[C@@H](O)[C@H](/C=C\[C@@H](O)CCCCC)[C@H](O)[C@@H]2O. The van der Waals surface area contributed by atoms with Crippen LogP contribution in [-0.4, -0.2) is 125 Å². The average molecular weight is 1090 g/mol. The third kappa shape index (κ3) is 25.6. The molecule has 1 aromatic heterocycles. The quantitative estimate of drug-likeness (QED) is 0.0256. The fourth-order valence-corrected chi connectivity index (χ4v) is 10.6. The maximum Gasteiger partial charge on any atom is 0.481 e. The van der Waals surface area contributed by atoms with E-state index in [1.807, 2.05) is 6.92 Å². The zero-order chi connectivity index (χ0) is 54.5. The molecule has 422 valence electrons. The first-order chi connectivity index (χ1) is 35.3. The van der Waals surface area contributed by atoms with E-state index in [1.54, 1.807) is 0 Å². The van der Waals surface area contributed by atoms with E-state index in [4.69, 9.17) is 29.0 Å². The summed E-state index contributed by atoms with van der Waals surface area (Å²) < 4.78 is 58.6. The topological polar surface area (TPSA) is 343 Å². The smallest absolute Gasteiger partial charge is 0.462 e. The lowest BCUT2D eigenvalue weighted by atomic mass is 9.82. The van der Waals surface area contributed by atoms with Gasteiger partial charge in [-0.05, 0) is 63.9 Å². The van der Waals surface area contributed by atoms with E-state index in [0.29, 0.717) is 19.3 Å². The molecule has 12 atom stereocenters. The van der Waals surface area contributed by atoms with E-state index in [1.165, 1.54) is 37.5 Å². The Morgan fingerprint density at radius 1 is 0.851 bits per heavy atom. The lowest BCUT2D eigenvalue weighted by Crippen LogP contribution is -2.52. The van der Waals surface area contributed by atoms with Crippen molar-refractivity contribution in [3.8, 4) is 0 Å². The molecule has 0 spiro atoms. The summed E-state index contributed by atoms with van der Waals surface area (Å²) in [6.45, 7) is 1.28. The number of aliphatic hydroxyl groups is 5. The molecule has 2 unspecified atom stereocenters. The van der Waals surface area contributed by atoms with Crippen LogP contribution in [-0.2, 0) is 51.1 Å². The molecule has 1 aromatic rings. The van der Waals surface area contributed by atoms with Crippen LogP contribution in [0.1, 0.15) is 161 Å². The molecule has 22 nitrogen and oxygen atoms in total. The number of nitrogens with zero attached hydrogens (tertiary/aromatic N) is 2. The molecule has 2 aliphatic heterocycles. The number of esters is 2. The maximum absolute atomic E-state index is 13.7. The number of rotatable bonds is 23. The van der Waals surface area contributed by atoms with Crippen molar-refractivity contribution in [2.75, 3.05) is 25.6 Å². The fraction of sp³-hybridized carbons (Fsp3) is 0.740. The highest BCUT2D eigenvalue weighted by atomic mass is 31.3. The Labute approximate surface area is 434 Å². The zero-order valence-electron chi connectivity index (χ0n) is 43.0. The van der Waals surface area contributed by atoms with Crippen LogP contribution in [0.5, 0.6) is 0 Å². The summed E-state index contributed by atoms with van der Waals surface area (Å²) in [6, 6.07) is 1.18. The Balaban J connectivity index is 1.80. The van der Waals surface area contributed by atoms with Crippen molar-refractivity contribution in [1.82, 2.24) is 9.55 Å². The van der Waals surface area contributed by atoms with Crippen molar-refractivity contribution >= 4 is 39.2 Å². The number of anilines is 1. The minimum absolute atomic E-state index is 0.0372. The van der Waals surface area contributed by atoms with Crippen molar-refractivity contribution in [3.05, 3.63) is 59.2 Å². The lowest BCUT2D eigenvalue weighted by Gasteiger charge is -2.40. The predicted molar refractivity (Wildman–Crippen MR) is 273 cm³/mol. The molecule has 2 fully saturated rings. The van der Waals surface area contributed by atoms with E-state index < -0.39 is 133 Å². The Morgan fingerprint density at radius 3 is 2.18 bits per heavy atom. The fourth-order valence-electron chi connectivity index (χ4n) is 8.45. The van der Waals surface area contributed by atoms with Crippen molar-refractivity contribution in [2.24, 2.45) is 11.8 Å². The number of fused-ring (bicyclic) bond motifs is 3. The van der Waals surface area contributed by atoms with Gasteiger partial charge in [-0.15, -0.1) is 0 Å². The molecule has 9 N–H and O–H groups in total. The Hall–Kier alpha value is -3.47. The molecule has 0 radical (unpaired) electrons. The van der Waals surface area contributed by atoms with Crippen LogP contribution in [0.25, 0.3) is 0 Å². The van der Waals surface area contributed by atoms with Gasteiger partial charge < -0.3 is 55.3 Å². The first-order valence-corrected chi connectivity index (χ1v) is 29.2. The number of allylic oxidation sites excluding steroid dienone is 4. The number of ether oxygens (including phenoxy) is 3. The van der Waals surface area contributed by atoms with E-state index in [9.17, 15) is 63.6 Å². The summed E-state index contributed by atoms with van der Waals surface area (Å²) in [5.74, 6) is -5.19. The number of aliphatic hydroxyl groups excluding tert-OH is 5. The molecule has 2 aliphatic rings. The predicted octanol–water partition coefficient (Wildman–Crippen LogP) is 6.34. The number of ketones is 1. The number of aromatic nitrogens is 2. The summed E-state index contributed by atoms with van der Waals surface area (Å²) in [4.78, 5) is 77.8. The number of phosphoric acid groups is 2. The van der Waals surface area contributed by atoms with Crippen LogP contribution >= 0.6 is 15.6 Å². The van der Waals surface area contributed by atoms with Crippen molar-refractivity contribution in [2.45, 2.75) is 204 Å². The molecule has 24 heteroatoms. The molecule has 3 rings (SSSR count). The van der Waals surface area contributed by atoms with Gasteiger partial charge in [0.1, 0.15) is 36.6 Å². The van der Waals surface area contributed by atoms with Gasteiger partial charge in [0.15, 0.2) is 6.10 Å². The van der Waals surface area contributed by atoms with Gasteiger partial charge in [-0.25, -0.2) is 13.9 Å². The van der Waals surface area contributed by atoms with Crippen LogP contribution in [0, 0.1) is 11.8 Å². The van der Waals surface area contributed by atoms with E-state index in [0.717, 1.165) is 68.6 Å². The van der Waals surface area contributed by atoms with Crippen LogP contribution in [0.4, 0.5) is 5.82 Å². The van der Waals surface area contributed by atoms with E-state index >= 15 is 0 Å². The first-order valence-electron chi connectivity index (χ1n) is 26.2. The Bertz CT molecular complexity index is 2070. The molecular weight excluding hydrogens is 1010 g/mol. The van der Waals surface area contributed by atoms with Crippen molar-refractivity contribution in [3.63, 3.8) is 0 Å². The van der Waals surface area contributed by atoms with Crippen LogP contribution < -0.4 is 11.4 Å². The Kier molecular flexibility index (Phi) is 30.7. The number of phosphoric ester groups is 2. The van der Waals surface area contributed by atoms with Crippen LogP contribution in [0.2, 0.25) is 0 Å². The van der Waals surface area contributed by atoms with Crippen molar-refractivity contribution in [1.29, 1.82) is 0 Å². The van der Waals surface area contributed by atoms with Crippen molar-refractivity contribution < 1.29 is 86.4 Å². The molecule has 74 heavy (non-hydrogen) atoms. The number of unbranched alkanes of at least 4 members (excludes halogenated alkanes) is 10. The molecule has 0 aliphatic carbocycles. The molecule has 0 aromatic carbocycles. The Morgan fingerprint density at radius 2 is 1.49 bits per heavy atom. The molecular formula is C50H83N3O19P2. The summed E-state index contributed by atoms with van der Waals surface area (Å²) in [5, 5.41) is 57.4. The van der Waals surface area contributed by atoms with Gasteiger partial charge in [-0.1, -0.05) is 102 Å². The van der Waals surface area contributed by atoms with Gasteiger partial charge in [-0.2, -0.15) is 9.29 Å². The number of Topliss-reactive ketones (excluding diaryl/α,β-unsaturated/α-hetero) is 1. The normalized spacial score (nSPS) is 30.1. The maximum atomic E-state index is 13.7. The molecule has 2 saturated heterocycles. The van der Waals surface area contributed by atoms with E-state index in [-0.39, 0.29) is 37.9 Å². The van der Waals surface area contributed by atoms with E-state index in [2.05, 4.69) is 40.5 Å². The minimum Gasteiger partial charge on any atom is -0.462 e. The first kappa shape index (κ1) is 64.8. The van der Waals surface area contributed by atoms with Gasteiger partial charge in [0.05, 0.1) is 37.6 Å². The molecule has 0 amide bonds. The standard InChI is InChI=1S/C50H83N3O19P2/c1-3-5-7-8-9-10-11-12-13-14-15-16-17-18-20-25-45(58)67-33-38-34-68-73(63,64)72-74(65,66)69-35-43-48(61)47(60)39(28-27-36(54)23-19-6-4-2)41(56)32-42(57)40(31-37(55)24-21-22-26-46(59)70-38)49(71-43)53-30-29-44(51)52-50(53)62/h9-10,12-13,27-30,36,38-43,47-49,54,56-57,60-61H,3-8,11,14-26,31-35H2,1-2H3,(H,63,64)(H,65,66)(H2,51,52,62)/b10-9-,13-12-,28-27-/t36-,38+,39-,40-,41+,42-,43+,47-,48+,49+/m0/s1. The third-order valence-electron chi connectivity index (χ3n) is 12.7. The average Bonchev–Trinajstić information content (AvgIpc) is 3.33. The number of nitrogens with two attached hydrogens (primary N) is 1. The number of hydrogen-bond donors (Lipinski definition) is 8. The zero-order valence-corrected chi connectivity index (χ0v) is 44.8. The van der Waals surface area contributed by atoms with Gasteiger partial charge in [0, 0.05) is 50.1 Å². The summed E-state index contributed by atoms with van der Waals surface area (Å²) in [5.41, 5.74) is 4.66. The summed E-state index contributed by atoms with van der Waals surface area (Å²) in [7, 11) is -11.4. The lowest BCUT2D eigenvalue weighted by molar-refractivity contribution is -0.196. The van der Waals surface area contributed by atoms with Crippen LogP contribution in [0.3, 0.4) is 0 Å². The van der Waals surface area contributed by atoms with Gasteiger partial charge >= 0.3 is 33.3 Å². The molecule has 2 bridgehead atoms. The number of carbonyl (C=O) groups excluding carboxylic acids is 3. The minimum atomic E-state index is -5.76. The summed E-state index contributed by atoms with van der Waals surface area (Å²) in [6.07, 6.45) is 10.4. The number of nitrogen functional groups attached to an aromatic ring is 1. The third-order valence-corrected chi connectivity index (χ3v) is 15.3.